The van der Waals surface area contributed by atoms with E-state index in [1.807, 2.05) is 62.4 Å². The number of nitrogens with zero attached hydrogens (tertiary/aromatic N) is 3. The molecule has 1 atom stereocenters. The molecule has 27 heavy (non-hydrogen) atoms. The van der Waals surface area contributed by atoms with Crippen molar-refractivity contribution in [1.29, 1.82) is 5.26 Å². The number of aryl methyl sites for hydroxylation is 2. The summed E-state index contributed by atoms with van der Waals surface area (Å²) in [4.78, 5) is 2.07. The maximum atomic E-state index is 12.8. The molecule has 1 aliphatic heterocycles. The number of benzene rings is 2. The summed E-state index contributed by atoms with van der Waals surface area (Å²) in [6.45, 7) is 5.90. The van der Waals surface area contributed by atoms with Crippen molar-refractivity contribution in [2.24, 2.45) is 0 Å². The number of hydrogen-bond donors (Lipinski definition) is 0. The minimum atomic E-state index is -3.36. The zero-order valence-electron chi connectivity index (χ0n) is 15.8. The third-order valence-corrected chi connectivity index (χ3v) is 6.92. The van der Waals surface area contributed by atoms with Crippen LogP contribution < -0.4 is 0 Å². The fraction of sp³-hybridized carbons (Fsp3) is 0.381. The topological polar surface area (TPSA) is 64.4 Å². The number of sulfonamides is 1. The Kier molecular flexibility index (Phi) is 5.95. The van der Waals surface area contributed by atoms with Crippen LogP contribution >= 0.6 is 0 Å². The molecule has 0 aromatic heterocycles. The summed E-state index contributed by atoms with van der Waals surface area (Å²) in [5.41, 5.74) is 3.95. The number of hydrogen-bond acceptors (Lipinski definition) is 4. The highest BCUT2D eigenvalue weighted by Crippen LogP contribution is 2.25. The minimum absolute atomic E-state index is 0.0220. The van der Waals surface area contributed by atoms with Crippen molar-refractivity contribution in [3.05, 3.63) is 70.8 Å². The predicted molar refractivity (Wildman–Crippen MR) is 106 cm³/mol. The van der Waals surface area contributed by atoms with E-state index in [1.54, 1.807) is 4.31 Å². The highest BCUT2D eigenvalue weighted by molar-refractivity contribution is 7.88. The van der Waals surface area contributed by atoms with E-state index in [-0.39, 0.29) is 11.8 Å². The average Bonchev–Trinajstić information content (AvgIpc) is 2.64. The Morgan fingerprint density at radius 1 is 1.04 bits per heavy atom. The monoisotopic (exact) mass is 383 g/mol. The van der Waals surface area contributed by atoms with E-state index in [4.69, 9.17) is 0 Å². The first-order valence-electron chi connectivity index (χ1n) is 9.13. The molecule has 0 saturated carbocycles. The van der Waals surface area contributed by atoms with Crippen molar-refractivity contribution in [1.82, 2.24) is 9.21 Å². The quantitative estimate of drug-likeness (QED) is 0.796. The van der Waals surface area contributed by atoms with Crippen molar-refractivity contribution in [3.63, 3.8) is 0 Å². The van der Waals surface area contributed by atoms with Gasteiger partial charge in [-0.05, 0) is 30.5 Å². The van der Waals surface area contributed by atoms with Crippen molar-refractivity contribution in [2.45, 2.75) is 25.6 Å². The zero-order chi connectivity index (χ0) is 19.4. The van der Waals surface area contributed by atoms with Crippen molar-refractivity contribution in [2.75, 3.05) is 26.2 Å². The van der Waals surface area contributed by atoms with E-state index >= 15 is 0 Å². The Bertz CT molecular complexity index is 942. The lowest BCUT2D eigenvalue weighted by molar-refractivity contribution is 0.162. The minimum Gasteiger partial charge on any atom is -0.282 e. The van der Waals surface area contributed by atoms with Crippen LogP contribution in [-0.4, -0.2) is 43.8 Å². The molecule has 0 amide bonds. The molecule has 0 bridgehead atoms. The molecule has 142 valence electrons. The smallest absolute Gasteiger partial charge is 0.218 e. The second kappa shape index (κ2) is 8.22. The summed E-state index contributed by atoms with van der Waals surface area (Å²) >= 11 is 0. The van der Waals surface area contributed by atoms with Gasteiger partial charge in [0.1, 0.15) is 6.04 Å². The summed E-state index contributed by atoms with van der Waals surface area (Å²) in [6.07, 6.45) is 0. The molecule has 0 radical (unpaired) electrons. The molecule has 0 N–H and O–H groups in total. The third-order valence-electron chi connectivity index (χ3n) is 5.07. The van der Waals surface area contributed by atoms with Gasteiger partial charge in [-0.25, -0.2) is 8.42 Å². The van der Waals surface area contributed by atoms with Gasteiger partial charge in [-0.2, -0.15) is 9.57 Å². The van der Waals surface area contributed by atoms with E-state index < -0.39 is 10.0 Å². The van der Waals surface area contributed by atoms with Crippen LogP contribution in [0.3, 0.4) is 0 Å². The van der Waals surface area contributed by atoms with Crippen LogP contribution in [0.1, 0.15) is 28.3 Å². The summed E-state index contributed by atoms with van der Waals surface area (Å²) in [6, 6.07) is 17.5. The van der Waals surface area contributed by atoms with Crippen molar-refractivity contribution in [3.8, 4) is 6.07 Å². The van der Waals surface area contributed by atoms with Gasteiger partial charge in [0.05, 0.1) is 11.8 Å². The molecule has 3 rings (SSSR count). The number of nitriles is 1. The predicted octanol–water partition coefficient (Wildman–Crippen LogP) is 3.02. The Morgan fingerprint density at radius 3 is 2.37 bits per heavy atom. The summed E-state index contributed by atoms with van der Waals surface area (Å²) in [5, 5.41) is 9.68. The molecule has 1 unspecified atom stereocenters. The zero-order valence-corrected chi connectivity index (χ0v) is 16.6. The number of piperazine rings is 1. The van der Waals surface area contributed by atoms with Crippen LogP contribution in [0.25, 0.3) is 0 Å². The Balaban J connectivity index is 1.67. The average molecular weight is 384 g/mol. The van der Waals surface area contributed by atoms with E-state index in [2.05, 4.69) is 11.0 Å². The van der Waals surface area contributed by atoms with Crippen LogP contribution in [-0.2, 0) is 15.8 Å². The molecule has 1 aliphatic rings. The van der Waals surface area contributed by atoms with Gasteiger partial charge in [-0.3, -0.25) is 4.90 Å². The molecule has 2 aromatic carbocycles. The first kappa shape index (κ1) is 19.6. The molecule has 0 spiro atoms. The van der Waals surface area contributed by atoms with E-state index in [0.717, 1.165) is 22.3 Å². The standard InChI is InChI=1S/C21H25N3O2S/c1-17-6-5-8-19(14-17)16-27(25,26)24-12-10-23(11-13-24)21(15-22)20-9-4-3-7-18(20)2/h3-9,14,21H,10-13,16H2,1-2H3. The van der Waals surface area contributed by atoms with E-state index in [9.17, 15) is 13.7 Å². The lowest BCUT2D eigenvalue weighted by atomic mass is 10.0. The van der Waals surface area contributed by atoms with Crippen LogP contribution in [0.15, 0.2) is 48.5 Å². The van der Waals surface area contributed by atoms with E-state index in [0.29, 0.717) is 26.2 Å². The van der Waals surface area contributed by atoms with Gasteiger partial charge in [-0.15, -0.1) is 0 Å². The first-order valence-corrected chi connectivity index (χ1v) is 10.7. The summed E-state index contributed by atoms with van der Waals surface area (Å²) in [5.74, 6) is 0.0220. The van der Waals surface area contributed by atoms with Crippen LogP contribution in [0.5, 0.6) is 0 Å². The first-order chi connectivity index (χ1) is 12.9. The van der Waals surface area contributed by atoms with Gasteiger partial charge in [0.2, 0.25) is 10.0 Å². The molecular weight excluding hydrogens is 358 g/mol. The second-order valence-corrected chi connectivity index (χ2v) is 9.04. The fourth-order valence-electron chi connectivity index (χ4n) is 3.59. The highest BCUT2D eigenvalue weighted by atomic mass is 32.2. The normalized spacial score (nSPS) is 17.4. The summed E-state index contributed by atoms with van der Waals surface area (Å²) in [7, 11) is -3.36. The lowest BCUT2D eigenvalue weighted by Gasteiger charge is -2.36. The van der Waals surface area contributed by atoms with Gasteiger partial charge in [0, 0.05) is 26.2 Å². The molecule has 1 heterocycles. The van der Waals surface area contributed by atoms with Gasteiger partial charge < -0.3 is 0 Å². The van der Waals surface area contributed by atoms with Gasteiger partial charge in [0.25, 0.3) is 0 Å². The van der Waals surface area contributed by atoms with Gasteiger partial charge in [-0.1, -0.05) is 54.1 Å². The molecule has 2 aromatic rings. The highest BCUT2D eigenvalue weighted by Gasteiger charge is 2.31. The molecule has 6 heteroatoms. The Morgan fingerprint density at radius 2 is 1.74 bits per heavy atom. The molecular formula is C21H25N3O2S. The van der Waals surface area contributed by atoms with Crippen molar-refractivity contribution < 1.29 is 8.42 Å². The van der Waals surface area contributed by atoms with E-state index in [1.165, 1.54) is 0 Å². The number of rotatable bonds is 5. The van der Waals surface area contributed by atoms with Gasteiger partial charge >= 0.3 is 0 Å². The largest absolute Gasteiger partial charge is 0.282 e. The molecule has 1 saturated heterocycles. The Labute approximate surface area is 161 Å². The third kappa shape index (κ3) is 4.56. The van der Waals surface area contributed by atoms with Gasteiger partial charge in [0.15, 0.2) is 0 Å². The van der Waals surface area contributed by atoms with Crippen LogP contribution in [0.2, 0.25) is 0 Å². The van der Waals surface area contributed by atoms with Crippen LogP contribution in [0, 0.1) is 25.2 Å². The molecule has 1 fully saturated rings. The van der Waals surface area contributed by atoms with Crippen molar-refractivity contribution >= 4 is 10.0 Å². The maximum absolute atomic E-state index is 12.8. The fourth-order valence-corrected chi connectivity index (χ4v) is 5.09. The summed E-state index contributed by atoms with van der Waals surface area (Å²) < 4.78 is 27.1. The molecule has 5 nitrogen and oxygen atoms in total. The molecule has 0 aliphatic carbocycles. The second-order valence-electron chi connectivity index (χ2n) is 7.07. The Hall–Kier alpha value is -2.20. The van der Waals surface area contributed by atoms with Crippen LogP contribution in [0.4, 0.5) is 0 Å². The lowest BCUT2D eigenvalue weighted by Crippen LogP contribution is -2.49. The SMILES string of the molecule is Cc1cccc(CS(=O)(=O)N2CCN(C(C#N)c3ccccc3C)CC2)c1. The maximum Gasteiger partial charge on any atom is 0.218 e.